The molecule has 3 nitrogen and oxygen atoms in total. The molecular weight excluding hydrogens is 198 g/mol. The van der Waals surface area contributed by atoms with Gasteiger partial charge in [0, 0.05) is 6.54 Å². The molecule has 2 rings (SSSR count). The van der Waals surface area contributed by atoms with Gasteiger partial charge in [0.05, 0.1) is 4.90 Å². The van der Waals surface area contributed by atoms with E-state index >= 15 is 0 Å². The molecule has 0 fully saturated rings. The summed E-state index contributed by atoms with van der Waals surface area (Å²) in [6, 6.07) is 7.19. The highest BCUT2D eigenvalue weighted by Gasteiger charge is 2.23. The van der Waals surface area contributed by atoms with Crippen molar-refractivity contribution in [2.75, 3.05) is 6.54 Å². The maximum Gasteiger partial charge on any atom is 0.240 e. The maximum atomic E-state index is 11.7. The van der Waals surface area contributed by atoms with Crippen LogP contribution in [0.15, 0.2) is 29.2 Å². The zero-order valence-corrected chi connectivity index (χ0v) is 8.84. The molecule has 4 heteroatoms. The van der Waals surface area contributed by atoms with Gasteiger partial charge in [-0.1, -0.05) is 25.1 Å². The minimum absolute atomic E-state index is 0.355. The van der Waals surface area contributed by atoms with E-state index in [1.807, 2.05) is 19.1 Å². The summed E-state index contributed by atoms with van der Waals surface area (Å²) >= 11 is 0. The van der Waals surface area contributed by atoms with Crippen LogP contribution in [0, 0.1) is 5.92 Å². The highest BCUT2D eigenvalue weighted by molar-refractivity contribution is 7.89. The molecule has 14 heavy (non-hydrogen) atoms. The number of hydrogen-bond acceptors (Lipinski definition) is 2. The quantitative estimate of drug-likeness (QED) is 0.700. The average molecular weight is 211 g/mol. The van der Waals surface area contributed by atoms with Crippen LogP contribution < -0.4 is 4.72 Å². The van der Waals surface area contributed by atoms with Crippen molar-refractivity contribution in [3.8, 4) is 0 Å². The van der Waals surface area contributed by atoms with E-state index in [0.29, 0.717) is 17.4 Å². The van der Waals surface area contributed by atoms with Crippen molar-refractivity contribution in [2.45, 2.75) is 18.2 Å². The molecule has 0 saturated carbocycles. The highest BCUT2D eigenvalue weighted by Crippen LogP contribution is 2.21. The molecule has 1 N–H and O–H groups in total. The first-order chi connectivity index (χ1) is 6.59. The summed E-state index contributed by atoms with van der Waals surface area (Å²) < 4.78 is 26.1. The van der Waals surface area contributed by atoms with E-state index in [4.69, 9.17) is 0 Å². The zero-order valence-electron chi connectivity index (χ0n) is 8.03. The lowest BCUT2D eigenvalue weighted by atomic mass is 10.0. The smallest absolute Gasteiger partial charge is 0.211 e. The number of nitrogens with one attached hydrogen (secondary N) is 1. The Morgan fingerprint density at radius 2 is 2.07 bits per heavy atom. The fourth-order valence-electron chi connectivity index (χ4n) is 1.71. The molecular formula is C10H13NO2S. The molecule has 76 valence electrons. The van der Waals surface area contributed by atoms with E-state index < -0.39 is 10.0 Å². The molecule has 1 aromatic carbocycles. The second-order valence-electron chi connectivity index (χ2n) is 3.77. The molecule has 1 atom stereocenters. The summed E-state index contributed by atoms with van der Waals surface area (Å²) in [5.41, 5.74) is 0.921. The fraction of sp³-hybridized carbons (Fsp3) is 0.400. The van der Waals surface area contributed by atoms with Crippen LogP contribution in [0.25, 0.3) is 0 Å². The molecule has 1 aromatic rings. The molecule has 1 aliphatic rings. The van der Waals surface area contributed by atoms with E-state index in [1.54, 1.807) is 12.1 Å². The lowest BCUT2D eigenvalue weighted by molar-refractivity contribution is 0.552. The Balaban J connectivity index is 2.58. The summed E-state index contributed by atoms with van der Waals surface area (Å²) in [6.07, 6.45) is 0.822. The van der Waals surface area contributed by atoms with Crippen molar-refractivity contribution in [1.29, 1.82) is 0 Å². The molecule has 0 radical (unpaired) electrons. The Morgan fingerprint density at radius 3 is 2.86 bits per heavy atom. The molecule has 0 bridgehead atoms. The summed E-state index contributed by atoms with van der Waals surface area (Å²) in [7, 11) is -3.26. The van der Waals surface area contributed by atoms with Crippen molar-refractivity contribution in [2.24, 2.45) is 5.92 Å². The van der Waals surface area contributed by atoms with Crippen molar-refractivity contribution in [3.63, 3.8) is 0 Å². The predicted octanol–water partition coefficient (Wildman–Crippen LogP) is 1.16. The lowest BCUT2D eigenvalue weighted by Crippen LogP contribution is -2.26. The van der Waals surface area contributed by atoms with E-state index in [2.05, 4.69) is 4.72 Å². The minimum Gasteiger partial charge on any atom is -0.211 e. The van der Waals surface area contributed by atoms with Crippen LogP contribution in [-0.4, -0.2) is 15.0 Å². The minimum atomic E-state index is -3.26. The number of fused-ring (bicyclic) bond motifs is 1. The summed E-state index contributed by atoms with van der Waals surface area (Å²) in [5, 5.41) is 0. The van der Waals surface area contributed by atoms with Gasteiger partial charge in [-0.25, -0.2) is 13.1 Å². The monoisotopic (exact) mass is 211 g/mol. The molecule has 1 aliphatic heterocycles. The van der Waals surface area contributed by atoms with Gasteiger partial charge in [-0.05, 0) is 24.0 Å². The zero-order chi connectivity index (χ0) is 10.2. The predicted molar refractivity (Wildman–Crippen MR) is 54.5 cm³/mol. The maximum absolute atomic E-state index is 11.7. The third kappa shape index (κ3) is 1.67. The van der Waals surface area contributed by atoms with E-state index in [9.17, 15) is 8.42 Å². The summed E-state index contributed by atoms with van der Waals surface area (Å²) in [4.78, 5) is 0.435. The Labute approximate surface area is 84.2 Å². The van der Waals surface area contributed by atoms with Crippen LogP contribution in [0.1, 0.15) is 12.5 Å². The van der Waals surface area contributed by atoms with Gasteiger partial charge in [-0.15, -0.1) is 0 Å². The third-order valence-corrected chi connectivity index (χ3v) is 3.98. The van der Waals surface area contributed by atoms with Gasteiger partial charge in [0.1, 0.15) is 0 Å². The van der Waals surface area contributed by atoms with E-state index in [1.165, 1.54) is 0 Å². The van der Waals surface area contributed by atoms with Crippen molar-refractivity contribution < 1.29 is 8.42 Å². The summed E-state index contributed by atoms with van der Waals surface area (Å²) in [6.45, 7) is 2.57. The Kier molecular flexibility index (Phi) is 2.33. The van der Waals surface area contributed by atoms with Crippen LogP contribution in [-0.2, 0) is 16.4 Å². The highest BCUT2D eigenvalue weighted by atomic mass is 32.2. The van der Waals surface area contributed by atoms with Gasteiger partial charge in [-0.3, -0.25) is 0 Å². The number of sulfonamides is 1. The Morgan fingerprint density at radius 1 is 1.36 bits per heavy atom. The van der Waals surface area contributed by atoms with Crippen molar-refractivity contribution in [3.05, 3.63) is 29.8 Å². The fourth-order valence-corrected chi connectivity index (χ4v) is 3.13. The topological polar surface area (TPSA) is 46.2 Å². The number of rotatable bonds is 0. The first-order valence-corrected chi connectivity index (χ1v) is 6.15. The van der Waals surface area contributed by atoms with E-state index in [-0.39, 0.29) is 0 Å². The van der Waals surface area contributed by atoms with Gasteiger partial charge in [0.25, 0.3) is 0 Å². The molecule has 0 aromatic heterocycles. The summed E-state index contributed by atoms with van der Waals surface area (Å²) in [5.74, 6) is 0.355. The van der Waals surface area contributed by atoms with Crippen LogP contribution in [0.4, 0.5) is 0 Å². The molecule has 0 amide bonds. The standard InChI is InChI=1S/C10H13NO2S/c1-8-6-9-4-2-3-5-10(9)14(12,13)11-7-8/h2-5,8,11H,6-7H2,1H3/t8-/m0/s1. The van der Waals surface area contributed by atoms with Crippen LogP contribution >= 0.6 is 0 Å². The van der Waals surface area contributed by atoms with Gasteiger partial charge >= 0.3 is 0 Å². The van der Waals surface area contributed by atoms with Gasteiger partial charge in [0.2, 0.25) is 10.0 Å². The molecule has 0 saturated heterocycles. The molecule has 0 aliphatic carbocycles. The second-order valence-corrected chi connectivity index (χ2v) is 5.50. The Bertz CT molecular complexity index is 439. The largest absolute Gasteiger partial charge is 0.240 e. The number of benzene rings is 1. The SMILES string of the molecule is C[C@@H]1CNS(=O)(=O)c2ccccc2C1. The Hall–Kier alpha value is -0.870. The number of hydrogen-bond donors (Lipinski definition) is 1. The van der Waals surface area contributed by atoms with Crippen LogP contribution in [0.3, 0.4) is 0 Å². The molecule has 0 unspecified atom stereocenters. The second kappa shape index (κ2) is 3.37. The normalized spacial score (nSPS) is 25.1. The van der Waals surface area contributed by atoms with Gasteiger partial charge < -0.3 is 0 Å². The van der Waals surface area contributed by atoms with Gasteiger partial charge in [0.15, 0.2) is 0 Å². The average Bonchev–Trinajstić information content (AvgIpc) is 2.25. The third-order valence-electron chi connectivity index (χ3n) is 2.45. The molecule has 0 spiro atoms. The first-order valence-electron chi connectivity index (χ1n) is 4.67. The first kappa shape index (κ1) is 9.68. The lowest BCUT2D eigenvalue weighted by Gasteiger charge is -2.05. The molecule has 1 heterocycles. The van der Waals surface area contributed by atoms with Crippen molar-refractivity contribution in [1.82, 2.24) is 4.72 Å². The van der Waals surface area contributed by atoms with E-state index in [0.717, 1.165) is 12.0 Å². The van der Waals surface area contributed by atoms with Crippen LogP contribution in [0.2, 0.25) is 0 Å². The van der Waals surface area contributed by atoms with Crippen molar-refractivity contribution >= 4 is 10.0 Å². The van der Waals surface area contributed by atoms with Gasteiger partial charge in [-0.2, -0.15) is 0 Å². The van der Waals surface area contributed by atoms with Crippen LogP contribution in [0.5, 0.6) is 0 Å².